The molecule has 1 saturated heterocycles. The fraction of sp³-hybridized carbons (Fsp3) is 0.359. The predicted molar refractivity (Wildman–Crippen MR) is 210 cm³/mol. The van der Waals surface area contributed by atoms with Gasteiger partial charge in [-0.05, 0) is 42.5 Å². The second-order valence-electron chi connectivity index (χ2n) is 13.9. The van der Waals surface area contributed by atoms with Gasteiger partial charge in [0.2, 0.25) is 5.95 Å². The number of aryl methyl sites for hydroxylation is 1. The van der Waals surface area contributed by atoms with E-state index in [4.69, 9.17) is 15.0 Å². The van der Waals surface area contributed by atoms with Gasteiger partial charge in [0.25, 0.3) is 0 Å². The molecule has 16 heteroatoms. The fourth-order valence-corrected chi connectivity index (χ4v) is 7.50. The van der Waals surface area contributed by atoms with E-state index in [1.807, 2.05) is 66.1 Å². The molecule has 55 heavy (non-hydrogen) atoms. The van der Waals surface area contributed by atoms with Crippen molar-refractivity contribution in [3.8, 4) is 0 Å². The predicted octanol–water partition coefficient (Wildman–Crippen LogP) is 4.03. The number of halogens is 1. The van der Waals surface area contributed by atoms with Crippen molar-refractivity contribution in [1.82, 2.24) is 50.1 Å². The number of urea groups is 1. The Labute approximate surface area is 324 Å². The van der Waals surface area contributed by atoms with Gasteiger partial charge in [0, 0.05) is 37.8 Å². The lowest BCUT2D eigenvalue weighted by molar-refractivity contribution is 0.00497. The number of benzene rings is 2. The summed E-state index contributed by atoms with van der Waals surface area (Å²) >= 11 is 0. The number of hydrogen-bond donors (Lipinski definition) is 5. The van der Waals surface area contributed by atoms with Crippen molar-refractivity contribution in [3.63, 3.8) is 0 Å². The summed E-state index contributed by atoms with van der Waals surface area (Å²) in [6.07, 6.45) is 4.66. The minimum atomic E-state index is -1.11. The third kappa shape index (κ3) is 8.09. The minimum absolute atomic E-state index is 0. The van der Waals surface area contributed by atoms with E-state index in [1.54, 1.807) is 18.7 Å². The lowest BCUT2D eigenvalue weighted by Gasteiger charge is -2.22. The topological polar surface area (TPSA) is 184 Å². The molecule has 0 spiro atoms. The van der Waals surface area contributed by atoms with Crippen molar-refractivity contribution >= 4 is 41.4 Å². The molecule has 5 atom stereocenters. The summed E-state index contributed by atoms with van der Waals surface area (Å²) in [7, 11) is 0. The first-order chi connectivity index (χ1) is 26.4. The largest absolute Gasteiger partial charge is 0.388 e. The molecule has 0 radical (unpaired) electrons. The van der Waals surface area contributed by atoms with Crippen LogP contribution in [0.4, 0.5) is 16.6 Å². The number of nitrogens with one attached hydrogen (secondary N) is 3. The SMILES string of the molecule is CCc1cnn([C@H]2C[C@@H](n3cnc4c(NCC(c5ccccc5)c5ccccc5)nc(N5CCC(NC(=O)NCc6ccccn6)C5)nc43)[C@H](O)[C@@H]2O)n1.Cl. The van der Waals surface area contributed by atoms with Gasteiger partial charge < -0.3 is 35.6 Å². The molecule has 2 aliphatic rings. The zero-order chi connectivity index (χ0) is 37.0. The molecule has 2 fully saturated rings. The zero-order valence-corrected chi connectivity index (χ0v) is 31.2. The number of fused-ring (bicyclic) bond motifs is 1. The van der Waals surface area contributed by atoms with Crippen molar-refractivity contribution in [2.24, 2.45) is 0 Å². The summed E-state index contributed by atoms with van der Waals surface area (Å²) in [5.41, 5.74) is 5.00. The van der Waals surface area contributed by atoms with Gasteiger partial charge in [-0.1, -0.05) is 73.7 Å². The average Bonchev–Trinajstić information content (AvgIpc) is 4.03. The van der Waals surface area contributed by atoms with E-state index in [0.29, 0.717) is 68.4 Å². The molecule has 5 N–H and O–H groups in total. The molecule has 2 aromatic carbocycles. The van der Waals surface area contributed by atoms with Crippen LogP contribution >= 0.6 is 12.4 Å². The van der Waals surface area contributed by atoms with Crippen LogP contribution < -0.4 is 20.9 Å². The van der Waals surface area contributed by atoms with Crippen molar-refractivity contribution in [1.29, 1.82) is 0 Å². The number of carbonyl (C=O) groups excluding carboxylic acids is 1. The van der Waals surface area contributed by atoms with Crippen molar-refractivity contribution < 1.29 is 15.0 Å². The highest BCUT2D eigenvalue weighted by Gasteiger charge is 2.45. The van der Waals surface area contributed by atoms with Gasteiger partial charge in [-0.2, -0.15) is 25.0 Å². The monoisotopic (exact) mass is 764 g/mol. The highest BCUT2D eigenvalue weighted by Crippen LogP contribution is 2.40. The third-order valence-corrected chi connectivity index (χ3v) is 10.4. The van der Waals surface area contributed by atoms with Crippen LogP contribution in [0.25, 0.3) is 11.2 Å². The Morgan fingerprint density at radius 2 is 1.64 bits per heavy atom. The molecule has 6 aromatic rings. The molecule has 0 bridgehead atoms. The number of anilines is 2. The van der Waals surface area contributed by atoms with Crippen molar-refractivity contribution in [3.05, 3.63) is 120 Å². The lowest BCUT2D eigenvalue weighted by Crippen LogP contribution is -2.43. The summed E-state index contributed by atoms with van der Waals surface area (Å²) in [4.78, 5) is 35.5. The lowest BCUT2D eigenvalue weighted by atomic mass is 9.91. The first-order valence-corrected chi connectivity index (χ1v) is 18.5. The number of amides is 2. The van der Waals surface area contributed by atoms with E-state index in [-0.39, 0.29) is 30.4 Å². The molecule has 286 valence electrons. The Morgan fingerprint density at radius 3 is 2.33 bits per heavy atom. The van der Waals surface area contributed by atoms with Gasteiger partial charge in [0.15, 0.2) is 17.0 Å². The number of nitrogens with zero attached hydrogens (tertiary/aromatic N) is 9. The average molecular weight is 765 g/mol. The summed E-state index contributed by atoms with van der Waals surface area (Å²) in [6, 6.07) is 24.8. The Hall–Kier alpha value is -5.64. The van der Waals surface area contributed by atoms with Gasteiger partial charge in [0.05, 0.1) is 36.5 Å². The molecule has 1 aliphatic heterocycles. The van der Waals surface area contributed by atoms with Crippen molar-refractivity contribution in [2.45, 2.75) is 69.0 Å². The van der Waals surface area contributed by atoms with E-state index in [2.05, 4.69) is 60.3 Å². The number of rotatable bonds is 12. The molecule has 2 amide bonds. The molecular weight excluding hydrogens is 720 g/mol. The summed E-state index contributed by atoms with van der Waals surface area (Å²) in [5.74, 6) is 1.06. The van der Waals surface area contributed by atoms with Crippen LogP contribution in [0.2, 0.25) is 0 Å². The normalized spacial score (nSPS) is 20.8. The summed E-state index contributed by atoms with van der Waals surface area (Å²) in [5, 5.41) is 41.1. The standard InChI is InChI=1S/C39H44N12O3.ClH/c1-2-27-21-44-51(48-27)32-19-31(34(52)35(32)53)50-24-43-33-36(41-22-30(25-11-5-3-6-12-25)26-13-7-4-8-14-26)46-38(47-37(33)50)49-18-16-29(23-49)45-39(54)42-20-28-15-9-10-17-40-28;/h3-15,17,21,24,29-32,34-35,52-53H,2,16,18-20,22-23H2,1H3,(H,41,46,47)(H2,42,45,54);1H/t29?,31-,32+,34+,35-;/m1./s1. The number of aromatic nitrogens is 8. The Bertz CT molecular complexity index is 2130. The van der Waals surface area contributed by atoms with E-state index >= 15 is 0 Å². The highest BCUT2D eigenvalue weighted by atomic mass is 35.5. The first kappa shape index (κ1) is 37.7. The van der Waals surface area contributed by atoms with Crippen LogP contribution in [-0.2, 0) is 13.0 Å². The van der Waals surface area contributed by atoms with Crippen LogP contribution in [0, 0.1) is 0 Å². The van der Waals surface area contributed by atoms with E-state index in [9.17, 15) is 15.0 Å². The van der Waals surface area contributed by atoms with Gasteiger partial charge in [-0.25, -0.2) is 9.78 Å². The van der Waals surface area contributed by atoms with Gasteiger partial charge >= 0.3 is 6.03 Å². The molecule has 4 aromatic heterocycles. The van der Waals surface area contributed by atoms with E-state index in [1.165, 1.54) is 4.80 Å². The smallest absolute Gasteiger partial charge is 0.315 e. The van der Waals surface area contributed by atoms with Crippen LogP contribution in [0.15, 0.2) is 97.6 Å². The van der Waals surface area contributed by atoms with Gasteiger partial charge in [0.1, 0.15) is 18.2 Å². The molecule has 15 nitrogen and oxygen atoms in total. The zero-order valence-electron chi connectivity index (χ0n) is 30.4. The molecule has 1 aliphatic carbocycles. The molecular formula is C39H45ClN12O3. The number of hydrogen-bond acceptors (Lipinski definition) is 11. The maximum absolute atomic E-state index is 12.8. The van der Waals surface area contributed by atoms with Gasteiger partial charge in [-0.3, -0.25) is 4.98 Å². The number of aliphatic hydroxyl groups is 2. The van der Waals surface area contributed by atoms with Crippen molar-refractivity contribution in [2.75, 3.05) is 29.9 Å². The van der Waals surface area contributed by atoms with Crippen LogP contribution in [0.5, 0.6) is 0 Å². The molecule has 5 heterocycles. The Morgan fingerprint density at radius 1 is 0.909 bits per heavy atom. The summed E-state index contributed by atoms with van der Waals surface area (Å²) in [6.45, 7) is 3.98. The number of pyridine rings is 1. The van der Waals surface area contributed by atoms with Crippen LogP contribution in [0.3, 0.4) is 0 Å². The number of aliphatic hydroxyl groups excluding tert-OH is 2. The summed E-state index contributed by atoms with van der Waals surface area (Å²) < 4.78 is 1.84. The number of carbonyl (C=O) groups is 1. The Kier molecular flexibility index (Phi) is 11.5. The number of imidazole rings is 1. The van der Waals surface area contributed by atoms with Crippen LogP contribution in [-0.4, -0.2) is 93.6 Å². The van der Waals surface area contributed by atoms with E-state index < -0.39 is 24.3 Å². The maximum Gasteiger partial charge on any atom is 0.315 e. The maximum atomic E-state index is 12.8. The minimum Gasteiger partial charge on any atom is -0.388 e. The molecule has 1 saturated carbocycles. The second kappa shape index (κ2) is 16.8. The molecule has 1 unspecified atom stereocenters. The van der Waals surface area contributed by atoms with Crippen LogP contribution in [0.1, 0.15) is 60.3 Å². The van der Waals surface area contributed by atoms with E-state index in [0.717, 1.165) is 22.5 Å². The fourth-order valence-electron chi connectivity index (χ4n) is 7.50. The second-order valence-corrected chi connectivity index (χ2v) is 13.9. The highest BCUT2D eigenvalue weighted by molar-refractivity contribution is 5.85. The quantitative estimate of drug-likeness (QED) is 0.121. The molecule has 8 rings (SSSR count). The Balaban J connectivity index is 0.00000465. The third-order valence-electron chi connectivity index (χ3n) is 10.4. The van der Waals surface area contributed by atoms with Gasteiger partial charge in [-0.15, -0.1) is 12.4 Å². The first-order valence-electron chi connectivity index (χ1n) is 18.5.